The first kappa shape index (κ1) is 19.9. The molecule has 1 atom stereocenters. The molecule has 1 aromatic heterocycles. The van der Waals surface area contributed by atoms with E-state index in [1.165, 1.54) is 12.1 Å². The molecule has 0 spiro atoms. The number of hydrogen-bond acceptors (Lipinski definition) is 6. The van der Waals surface area contributed by atoms with Gasteiger partial charge in [0.1, 0.15) is 0 Å². The Morgan fingerprint density at radius 1 is 1.38 bits per heavy atom. The minimum absolute atomic E-state index is 0. The molecule has 0 amide bonds. The van der Waals surface area contributed by atoms with Gasteiger partial charge in [0, 0.05) is 12.6 Å². The van der Waals surface area contributed by atoms with E-state index < -0.39 is 16.0 Å². The van der Waals surface area contributed by atoms with E-state index in [0.717, 1.165) is 6.54 Å². The van der Waals surface area contributed by atoms with Gasteiger partial charge in [-0.05, 0) is 32.5 Å². The summed E-state index contributed by atoms with van der Waals surface area (Å²) in [5.41, 5.74) is 0. The number of likely N-dealkylation sites (N-methyl/N-ethyl adjacent to an activating group) is 1. The second-order valence-electron chi connectivity index (χ2n) is 4.15. The fraction of sp³-hybridized carbons (Fsp3) is 0.583. The lowest BCUT2D eigenvalue weighted by Gasteiger charge is -2.12. The monoisotopic (exact) mass is 340 g/mol. The van der Waals surface area contributed by atoms with Gasteiger partial charge < -0.3 is 14.5 Å². The fourth-order valence-corrected chi connectivity index (χ4v) is 2.56. The highest BCUT2D eigenvalue weighted by Crippen LogP contribution is 2.14. The molecule has 0 radical (unpaired) electrons. The molecule has 0 fully saturated rings. The van der Waals surface area contributed by atoms with Crippen molar-refractivity contribution in [2.45, 2.75) is 31.9 Å². The number of carbonyl (C=O) groups excluding carboxylic acids is 1. The highest BCUT2D eigenvalue weighted by Gasteiger charge is 2.22. The van der Waals surface area contributed by atoms with Gasteiger partial charge in [0.15, 0.2) is 0 Å². The van der Waals surface area contributed by atoms with E-state index in [9.17, 15) is 13.2 Å². The van der Waals surface area contributed by atoms with Gasteiger partial charge in [-0.2, -0.15) is 0 Å². The maximum Gasteiger partial charge on any atom is 0.374 e. The molecule has 7 nitrogen and oxygen atoms in total. The number of hydrogen-bond donors (Lipinski definition) is 2. The molecule has 0 unspecified atom stereocenters. The standard InChI is InChI=1S/C12H20N2O5S.ClH/c1-4-13-9(3)8-14-20(16,17)11-7-6-10(19-11)12(15)18-5-2;/h6-7,9,13-14H,4-5,8H2,1-3H3;1H/t9-;/m1./s1. The molecule has 0 aromatic carbocycles. The Bertz CT molecular complexity index is 544. The molecule has 1 aromatic rings. The SMILES string of the molecule is CCN[C@H](C)CNS(=O)(=O)c1ccc(C(=O)OCC)o1.Cl. The second kappa shape index (κ2) is 9.04. The van der Waals surface area contributed by atoms with Crippen LogP contribution in [0.1, 0.15) is 31.3 Å². The van der Waals surface area contributed by atoms with Crippen molar-refractivity contribution in [3.8, 4) is 0 Å². The zero-order chi connectivity index (χ0) is 15.2. The van der Waals surface area contributed by atoms with E-state index in [4.69, 9.17) is 9.15 Å². The van der Waals surface area contributed by atoms with Crippen LogP contribution in [-0.2, 0) is 14.8 Å². The lowest BCUT2D eigenvalue weighted by Crippen LogP contribution is -2.38. The highest BCUT2D eigenvalue weighted by molar-refractivity contribution is 7.89. The minimum atomic E-state index is -3.77. The van der Waals surface area contributed by atoms with Crippen molar-refractivity contribution in [3.05, 3.63) is 17.9 Å². The van der Waals surface area contributed by atoms with Crippen LogP contribution in [0.3, 0.4) is 0 Å². The van der Waals surface area contributed by atoms with Crippen molar-refractivity contribution < 1.29 is 22.4 Å². The third-order valence-electron chi connectivity index (χ3n) is 2.45. The molecular formula is C12H21ClN2O5S. The Labute approximate surface area is 130 Å². The first-order valence-corrected chi connectivity index (χ1v) is 7.89. The van der Waals surface area contributed by atoms with Crippen LogP contribution >= 0.6 is 12.4 Å². The Hall–Kier alpha value is -1.09. The molecular weight excluding hydrogens is 320 g/mol. The summed E-state index contributed by atoms with van der Waals surface area (Å²) in [6.07, 6.45) is 0. The summed E-state index contributed by atoms with van der Waals surface area (Å²) in [6, 6.07) is 2.50. The summed E-state index contributed by atoms with van der Waals surface area (Å²) >= 11 is 0. The lowest BCUT2D eigenvalue weighted by molar-refractivity contribution is 0.0484. The van der Waals surface area contributed by atoms with Gasteiger partial charge in [-0.25, -0.2) is 17.9 Å². The molecule has 9 heteroatoms. The maximum absolute atomic E-state index is 11.9. The van der Waals surface area contributed by atoms with Crippen molar-refractivity contribution >= 4 is 28.4 Å². The molecule has 0 aliphatic rings. The fourth-order valence-electron chi connectivity index (χ4n) is 1.50. The van der Waals surface area contributed by atoms with Crippen LogP contribution in [0.4, 0.5) is 0 Å². The molecule has 2 N–H and O–H groups in total. The van der Waals surface area contributed by atoms with E-state index in [2.05, 4.69) is 10.0 Å². The Balaban J connectivity index is 0.00000400. The number of rotatable bonds is 8. The number of sulfonamides is 1. The van der Waals surface area contributed by atoms with Crippen molar-refractivity contribution in [1.82, 2.24) is 10.0 Å². The van der Waals surface area contributed by atoms with Gasteiger partial charge in [0.05, 0.1) is 6.61 Å². The van der Waals surface area contributed by atoms with Gasteiger partial charge in [0.2, 0.25) is 10.9 Å². The third-order valence-corrected chi connectivity index (χ3v) is 3.75. The van der Waals surface area contributed by atoms with Crippen molar-refractivity contribution in [1.29, 1.82) is 0 Å². The largest absolute Gasteiger partial charge is 0.460 e. The normalized spacial score (nSPS) is 12.5. The summed E-state index contributed by atoms with van der Waals surface area (Å²) in [4.78, 5) is 11.4. The topological polar surface area (TPSA) is 97.6 Å². The van der Waals surface area contributed by atoms with Crippen LogP contribution in [0.25, 0.3) is 0 Å². The Morgan fingerprint density at radius 3 is 2.62 bits per heavy atom. The van der Waals surface area contributed by atoms with Crippen LogP contribution in [0, 0.1) is 0 Å². The predicted molar refractivity (Wildman–Crippen MR) is 80.2 cm³/mol. The molecule has 122 valence electrons. The average molecular weight is 341 g/mol. The number of ether oxygens (including phenoxy) is 1. The van der Waals surface area contributed by atoms with Crippen LogP contribution < -0.4 is 10.0 Å². The molecule has 0 aliphatic carbocycles. The summed E-state index contributed by atoms with van der Waals surface area (Å²) in [7, 11) is -3.77. The molecule has 0 saturated heterocycles. The summed E-state index contributed by atoms with van der Waals surface area (Å²) < 4.78 is 36.0. The summed E-state index contributed by atoms with van der Waals surface area (Å²) in [6.45, 7) is 6.62. The van der Waals surface area contributed by atoms with Gasteiger partial charge in [-0.1, -0.05) is 6.92 Å². The van der Waals surface area contributed by atoms with E-state index in [1.54, 1.807) is 6.92 Å². The maximum atomic E-state index is 11.9. The van der Waals surface area contributed by atoms with Crippen molar-refractivity contribution in [2.75, 3.05) is 19.7 Å². The second-order valence-corrected chi connectivity index (χ2v) is 5.85. The van der Waals surface area contributed by atoms with Crippen LogP contribution in [0.15, 0.2) is 21.6 Å². The molecule has 0 aliphatic heterocycles. The minimum Gasteiger partial charge on any atom is -0.460 e. The van der Waals surface area contributed by atoms with Gasteiger partial charge >= 0.3 is 5.97 Å². The van der Waals surface area contributed by atoms with Gasteiger partial charge in [0.25, 0.3) is 10.0 Å². The van der Waals surface area contributed by atoms with Gasteiger partial charge in [-0.3, -0.25) is 0 Å². The highest BCUT2D eigenvalue weighted by atomic mass is 35.5. The molecule has 21 heavy (non-hydrogen) atoms. The van der Waals surface area contributed by atoms with Crippen molar-refractivity contribution in [3.63, 3.8) is 0 Å². The van der Waals surface area contributed by atoms with Crippen LogP contribution in [0.2, 0.25) is 0 Å². The number of nitrogens with one attached hydrogen (secondary N) is 2. The predicted octanol–water partition coefficient (Wildman–Crippen LogP) is 1.15. The van der Waals surface area contributed by atoms with Crippen LogP contribution in [0.5, 0.6) is 0 Å². The Morgan fingerprint density at radius 2 is 2.05 bits per heavy atom. The van der Waals surface area contributed by atoms with E-state index >= 15 is 0 Å². The number of furan rings is 1. The van der Waals surface area contributed by atoms with Crippen LogP contribution in [-0.4, -0.2) is 40.1 Å². The molecule has 1 heterocycles. The van der Waals surface area contributed by atoms with E-state index in [1.807, 2.05) is 13.8 Å². The van der Waals surface area contributed by atoms with E-state index in [0.29, 0.717) is 0 Å². The zero-order valence-electron chi connectivity index (χ0n) is 12.2. The Kier molecular flexibility index (Phi) is 8.57. The average Bonchev–Trinajstić information content (AvgIpc) is 2.88. The third kappa shape index (κ3) is 6.04. The number of carbonyl (C=O) groups is 1. The molecule has 0 saturated carbocycles. The van der Waals surface area contributed by atoms with Gasteiger partial charge in [-0.15, -0.1) is 12.4 Å². The molecule has 1 rings (SSSR count). The van der Waals surface area contributed by atoms with E-state index in [-0.39, 0.29) is 42.5 Å². The smallest absolute Gasteiger partial charge is 0.374 e. The molecule has 0 bridgehead atoms. The lowest BCUT2D eigenvalue weighted by atomic mass is 10.3. The zero-order valence-corrected chi connectivity index (χ0v) is 13.8. The number of halogens is 1. The first-order chi connectivity index (χ1) is 9.40. The number of esters is 1. The summed E-state index contributed by atoms with van der Waals surface area (Å²) in [5, 5.41) is 2.78. The van der Waals surface area contributed by atoms with Crippen molar-refractivity contribution in [2.24, 2.45) is 0 Å². The quantitative estimate of drug-likeness (QED) is 0.689. The first-order valence-electron chi connectivity index (χ1n) is 6.40. The summed E-state index contributed by atoms with van der Waals surface area (Å²) in [5.74, 6) is -0.818.